The molecule has 0 spiro atoms. The van der Waals surface area contributed by atoms with Crippen LogP contribution in [0.5, 0.6) is 0 Å². The van der Waals surface area contributed by atoms with Crippen LogP contribution in [0, 0.1) is 11.7 Å². The maximum Gasteiger partial charge on any atom is 0.317 e. The first-order chi connectivity index (χ1) is 14.0. The Hall–Kier alpha value is -3.16. The second-order valence-electron chi connectivity index (χ2n) is 7.64. The van der Waals surface area contributed by atoms with Crippen LogP contribution >= 0.6 is 0 Å². The third-order valence-corrected chi connectivity index (χ3v) is 5.52. The molecule has 1 aromatic heterocycles. The molecule has 1 saturated heterocycles. The highest BCUT2D eigenvalue weighted by Gasteiger charge is 2.36. The van der Waals surface area contributed by atoms with Crippen LogP contribution in [0.1, 0.15) is 24.5 Å². The number of likely N-dealkylation sites (tertiary alicyclic amines) is 1. The van der Waals surface area contributed by atoms with Crippen molar-refractivity contribution in [1.82, 2.24) is 14.8 Å². The first kappa shape index (κ1) is 19.2. The van der Waals surface area contributed by atoms with Crippen molar-refractivity contribution in [1.29, 1.82) is 0 Å². The quantitative estimate of drug-likeness (QED) is 0.828. The van der Waals surface area contributed by atoms with Crippen LogP contribution in [-0.4, -0.2) is 41.0 Å². The lowest BCUT2D eigenvalue weighted by Gasteiger charge is -2.42. The summed E-state index contributed by atoms with van der Waals surface area (Å²) in [4.78, 5) is 38.4. The van der Waals surface area contributed by atoms with Crippen LogP contribution in [0.2, 0.25) is 0 Å². The predicted molar refractivity (Wildman–Crippen MR) is 106 cm³/mol. The van der Waals surface area contributed by atoms with Gasteiger partial charge in [0.2, 0.25) is 5.91 Å². The minimum absolute atomic E-state index is 0.0160. The third kappa shape index (κ3) is 4.31. The average molecular weight is 398 g/mol. The molecule has 1 fully saturated rings. The SMILES string of the molecule is O=C(CCNC(=O)N1C[C@H]2C[C@@H](C1)c1cccc(=O)n1C2)Nc1ccc(F)cc1. The van der Waals surface area contributed by atoms with Gasteiger partial charge in [-0.15, -0.1) is 0 Å². The molecule has 3 amide bonds. The molecule has 2 N–H and O–H groups in total. The molecule has 2 aliphatic heterocycles. The summed E-state index contributed by atoms with van der Waals surface area (Å²) in [5, 5.41) is 5.47. The molecule has 4 rings (SSSR count). The van der Waals surface area contributed by atoms with Crippen LogP contribution in [0.25, 0.3) is 0 Å². The number of benzene rings is 1. The second kappa shape index (κ2) is 8.06. The van der Waals surface area contributed by atoms with E-state index in [0.29, 0.717) is 25.3 Å². The number of rotatable bonds is 4. The molecule has 3 heterocycles. The fraction of sp³-hybridized carbons (Fsp3) is 0.381. The second-order valence-corrected chi connectivity index (χ2v) is 7.64. The molecule has 7 nitrogen and oxygen atoms in total. The summed E-state index contributed by atoms with van der Waals surface area (Å²) in [5.41, 5.74) is 1.52. The molecule has 2 aromatic rings. The zero-order valence-corrected chi connectivity index (χ0v) is 15.9. The van der Waals surface area contributed by atoms with Gasteiger partial charge < -0.3 is 20.1 Å². The summed E-state index contributed by atoms with van der Waals surface area (Å²) in [6, 6.07) is 10.6. The lowest BCUT2D eigenvalue weighted by Crippen LogP contribution is -2.52. The highest BCUT2D eigenvalue weighted by molar-refractivity contribution is 5.91. The van der Waals surface area contributed by atoms with Crippen molar-refractivity contribution in [3.8, 4) is 0 Å². The Morgan fingerprint density at radius 2 is 1.86 bits per heavy atom. The van der Waals surface area contributed by atoms with Crippen molar-refractivity contribution >= 4 is 17.6 Å². The van der Waals surface area contributed by atoms with E-state index in [4.69, 9.17) is 0 Å². The zero-order valence-electron chi connectivity index (χ0n) is 15.9. The fourth-order valence-corrected chi connectivity index (χ4v) is 4.21. The van der Waals surface area contributed by atoms with Crippen LogP contribution in [0.3, 0.4) is 0 Å². The molecule has 0 unspecified atom stereocenters. The Kier molecular flexibility index (Phi) is 5.33. The van der Waals surface area contributed by atoms with E-state index in [0.717, 1.165) is 12.1 Å². The van der Waals surface area contributed by atoms with Crippen LogP contribution in [-0.2, 0) is 11.3 Å². The number of urea groups is 1. The van der Waals surface area contributed by atoms with Gasteiger partial charge in [-0.2, -0.15) is 0 Å². The molecule has 29 heavy (non-hydrogen) atoms. The van der Waals surface area contributed by atoms with E-state index in [2.05, 4.69) is 10.6 Å². The van der Waals surface area contributed by atoms with Gasteiger partial charge in [-0.25, -0.2) is 9.18 Å². The van der Waals surface area contributed by atoms with Crippen molar-refractivity contribution in [3.63, 3.8) is 0 Å². The Morgan fingerprint density at radius 3 is 2.66 bits per heavy atom. The van der Waals surface area contributed by atoms with E-state index in [-0.39, 0.29) is 48.1 Å². The van der Waals surface area contributed by atoms with E-state index >= 15 is 0 Å². The summed E-state index contributed by atoms with van der Waals surface area (Å²) in [6.07, 6.45) is 1.11. The summed E-state index contributed by atoms with van der Waals surface area (Å²) in [5.74, 6) is -0.201. The molecule has 2 aliphatic rings. The average Bonchev–Trinajstić information content (AvgIpc) is 2.70. The minimum atomic E-state index is -0.367. The Bertz CT molecular complexity index is 973. The van der Waals surface area contributed by atoms with E-state index in [9.17, 15) is 18.8 Å². The van der Waals surface area contributed by atoms with Gasteiger partial charge in [-0.1, -0.05) is 6.07 Å². The zero-order chi connectivity index (χ0) is 20.4. The predicted octanol–water partition coefficient (Wildman–Crippen LogP) is 2.14. The van der Waals surface area contributed by atoms with Gasteiger partial charge in [-0.05, 0) is 42.7 Å². The molecule has 8 heteroatoms. The van der Waals surface area contributed by atoms with E-state index in [1.165, 1.54) is 24.3 Å². The van der Waals surface area contributed by atoms with Crippen molar-refractivity contribution in [2.75, 3.05) is 25.0 Å². The number of piperidine rings is 1. The molecule has 0 saturated carbocycles. The number of halogens is 1. The van der Waals surface area contributed by atoms with Gasteiger partial charge in [0.1, 0.15) is 5.82 Å². The van der Waals surface area contributed by atoms with Gasteiger partial charge >= 0.3 is 6.03 Å². The Morgan fingerprint density at radius 1 is 1.07 bits per heavy atom. The number of amides is 3. The molecule has 0 aliphatic carbocycles. The van der Waals surface area contributed by atoms with E-state index in [1.807, 2.05) is 10.6 Å². The minimum Gasteiger partial charge on any atom is -0.337 e. The number of anilines is 1. The van der Waals surface area contributed by atoms with Crippen molar-refractivity contribution in [3.05, 3.63) is 64.3 Å². The van der Waals surface area contributed by atoms with Gasteiger partial charge in [-0.3, -0.25) is 9.59 Å². The number of aromatic nitrogens is 1. The van der Waals surface area contributed by atoms with Crippen LogP contribution in [0.4, 0.5) is 14.9 Å². The van der Waals surface area contributed by atoms with Gasteiger partial charge in [0.15, 0.2) is 0 Å². The van der Waals surface area contributed by atoms with Gasteiger partial charge in [0.25, 0.3) is 5.56 Å². The number of hydrogen-bond acceptors (Lipinski definition) is 3. The Labute approximate surface area is 167 Å². The molecular weight excluding hydrogens is 375 g/mol. The number of nitrogens with one attached hydrogen (secondary N) is 2. The monoisotopic (exact) mass is 398 g/mol. The molecule has 2 bridgehead atoms. The van der Waals surface area contributed by atoms with E-state index < -0.39 is 0 Å². The highest BCUT2D eigenvalue weighted by Crippen LogP contribution is 2.34. The van der Waals surface area contributed by atoms with Crippen LogP contribution < -0.4 is 16.2 Å². The summed E-state index contributed by atoms with van der Waals surface area (Å²) < 4.78 is 14.7. The van der Waals surface area contributed by atoms with E-state index in [1.54, 1.807) is 17.0 Å². The number of carbonyl (C=O) groups is 2. The first-order valence-electron chi connectivity index (χ1n) is 9.77. The van der Waals surface area contributed by atoms with Gasteiger partial charge in [0, 0.05) is 56.0 Å². The smallest absolute Gasteiger partial charge is 0.317 e. The van der Waals surface area contributed by atoms with Crippen molar-refractivity contribution in [2.45, 2.75) is 25.3 Å². The topological polar surface area (TPSA) is 83.4 Å². The fourth-order valence-electron chi connectivity index (χ4n) is 4.21. The maximum atomic E-state index is 12.9. The van der Waals surface area contributed by atoms with Crippen LogP contribution in [0.15, 0.2) is 47.3 Å². The normalized spacial score (nSPS) is 20.0. The molecule has 0 radical (unpaired) electrons. The Balaban J connectivity index is 1.28. The number of fused-ring (bicyclic) bond motifs is 4. The third-order valence-electron chi connectivity index (χ3n) is 5.52. The molecule has 2 atom stereocenters. The summed E-state index contributed by atoms with van der Waals surface area (Å²) >= 11 is 0. The molecular formula is C21H23FN4O3. The largest absolute Gasteiger partial charge is 0.337 e. The van der Waals surface area contributed by atoms with Gasteiger partial charge in [0.05, 0.1) is 0 Å². The maximum absolute atomic E-state index is 12.9. The summed E-state index contributed by atoms with van der Waals surface area (Å²) in [6.45, 7) is 2.02. The molecule has 152 valence electrons. The highest BCUT2D eigenvalue weighted by atomic mass is 19.1. The summed E-state index contributed by atoms with van der Waals surface area (Å²) in [7, 11) is 0. The first-order valence-corrected chi connectivity index (χ1v) is 9.77. The molecule has 1 aromatic carbocycles. The number of carbonyl (C=O) groups excluding carboxylic acids is 2. The standard InChI is InChI=1S/C21H23FN4O3/c22-16-4-6-17(7-5-16)24-19(27)8-9-23-21(29)25-11-14-10-15(13-25)18-2-1-3-20(28)26(18)12-14/h1-7,14-15H,8-13H2,(H,23,29)(H,24,27)/t14-,15+/m1/s1. The number of nitrogens with zero attached hydrogens (tertiary/aromatic N) is 2. The number of hydrogen-bond donors (Lipinski definition) is 2. The van der Waals surface area contributed by atoms with Crippen molar-refractivity contribution < 1.29 is 14.0 Å². The number of pyridine rings is 1. The van der Waals surface area contributed by atoms with Crippen molar-refractivity contribution in [2.24, 2.45) is 5.92 Å². The lowest BCUT2D eigenvalue weighted by atomic mass is 9.83. The lowest BCUT2D eigenvalue weighted by molar-refractivity contribution is -0.116.